The Morgan fingerprint density at radius 3 is 2.92 bits per heavy atom. The minimum absolute atomic E-state index is 0.0551. The fourth-order valence-electron chi connectivity index (χ4n) is 4.64. The molecular weight excluding hydrogens is 308 g/mol. The molecule has 0 N–H and O–H groups in total. The SMILES string of the molecule is C=CCOC(c1ccnc2ccccc12)C1CC2CCN1CC2C=C. The third-order valence-corrected chi connectivity index (χ3v) is 5.89. The van der Waals surface area contributed by atoms with Gasteiger partial charge >= 0.3 is 0 Å². The van der Waals surface area contributed by atoms with E-state index < -0.39 is 0 Å². The quantitative estimate of drug-likeness (QED) is 0.733. The monoisotopic (exact) mass is 334 g/mol. The molecule has 0 saturated carbocycles. The highest BCUT2D eigenvalue weighted by atomic mass is 16.5. The smallest absolute Gasteiger partial charge is 0.0991 e. The molecule has 2 aromatic rings. The molecule has 25 heavy (non-hydrogen) atoms. The van der Waals surface area contributed by atoms with Gasteiger partial charge in [0.25, 0.3) is 0 Å². The van der Waals surface area contributed by atoms with Gasteiger partial charge in [0.1, 0.15) is 0 Å². The lowest BCUT2D eigenvalue weighted by Crippen LogP contribution is -2.55. The third kappa shape index (κ3) is 3.03. The van der Waals surface area contributed by atoms with Gasteiger partial charge in [-0.15, -0.1) is 13.2 Å². The first-order valence-electron chi connectivity index (χ1n) is 9.24. The van der Waals surface area contributed by atoms with Crippen molar-refractivity contribution in [2.45, 2.75) is 25.0 Å². The van der Waals surface area contributed by atoms with E-state index in [1.165, 1.54) is 23.8 Å². The van der Waals surface area contributed by atoms with Gasteiger partial charge in [0, 0.05) is 24.2 Å². The first-order valence-corrected chi connectivity index (χ1v) is 9.24. The number of nitrogens with zero attached hydrogens (tertiary/aromatic N) is 2. The van der Waals surface area contributed by atoms with Crippen molar-refractivity contribution in [1.29, 1.82) is 0 Å². The lowest BCUT2D eigenvalue weighted by molar-refractivity contribution is -0.0683. The average molecular weight is 334 g/mol. The minimum atomic E-state index is 0.0551. The van der Waals surface area contributed by atoms with Gasteiger partial charge in [-0.05, 0) is 48.9 Å². The summed E-state index contributed by atoms with van der Waals surface area (Å²) < 4.78 is 6.33. The number of ether oxygens (including phenoxy) is 1. The lowest BCUT2D eigenvalue weighted by atomic mass is 9.73. The average Bonchev–Trinajstić information content (AvgIpc) is 2.69. The van der Waals surface area contributed by atoms with Gasteiger partial charge in [-0.3, -0.25) is 9.88 Å². The van der Waals surface area contributed by atoms with Crippen molar-refractivity contribution in [3.05, 3.63) is 67.4 Å². The van der Waals surface area contributed by atoms with Crippen LogP contribution in [0.1, 0.15) is 24.5 Å². The van der Waals surface area contributed by atoms with Gasteiger partial charge in [0.2, 0.25) is 0 Å². The van der Waals surface area contributed by atoms with Crippen molar-refractivity contribution >= 4 is 10.9 Å². The maximum absolute atomic E-state index is 6.33. The molecule has 5 atom stereocenters. The van der Waals surface area contributed by atoms with Crippen molar-refractivity contribution in [1.82, 2.24) is 9.88 Å². The van der Waals surface area contributed by atoms with Crippen LogP contribution in [0.25, 0.3) is 10.9 Å². The second-order valence-electron chi connectivity index (χ2n) is 7.21. The van der Waals surface area contributed by atoms with Crippen LogP contribution >= 0.6 is 0 Å². The summed E-state index contributed by atoms with van der Waals surface area (Å²) in [5, 5.41) is 1.20. The molecule has 3 aliphatic rings. The Balaban J connectivity index is 1.71. The molecule has 130 valence electrons. The maximum atomic E-state index is 6.33. The second-order valence-corrected chi connectivity index (χ2v) is 7.21. The molecule has 1 aromatic heterocycles. The molecule has 3 aliphatic heterocycles. The number of rotatable bonds is 6. The number of piperidine rings is 3. The molecule has 0 aliphatic carbocycles. The predicted octanol–water partition coefficient (Wildman–Crippen LogP) is 4.37. The van der Waals surface area contributed by atoms with Crippen molar-refractivity contribution in [2.24, 2.45) is 11.8 Å². The summed E-state index contributed by atoms with van der Waals surface area (Å²) in [5.74, 6) is 1.36. The second kappa shape index (κ2) is 7.11. The van der Waals surface area contributed by atoms with E-state index in [1.54, 1.807) is 0 Å². The van der Waals surface area contributed by atoms with Crippen LogP contribution in [0, 0.1) is 11.8 Å². The van der Waals surface area contributed by atoms with Crippen LogP contribution in [0.2, 0.25) is 0 Å². The number of para-hydroxylation sites is 1. The van der Waals surface area contributed by atoms with E-state index in [-0.39, 0.29) is 6.10 Å². The molecule has 3 nitrogen and oxygen atoms in total. The zero-order valence-electron chi connectivity index (χ0n) is 14.7. The van der Waals surface area contributed by atoms with Crippen LogP contribution in [-0.4, -0.2) is 35.6 Å². The fraction of sp³-hybridized carbons (Fsp3) is 0.409. The van der Waals surface area contributed by atoms with Crippen LogP contribution in [0.15, 0.2) is 61.8 Å². The standard InChI is InChI=1S/C22H26N2O/c1-3-13-25-22(19-9-11-23-20-8-6-5-7-18(19)20)21-14-17-10-12-24(21)15-16(17)4-2/h3-9,11,16-17,21-22H,1-2,10,12-15H2. The van der Waals surface area contributed by atoms with Gasteiger partial charge in [0.15, 0.2) is 0 Å². The Labute approximate surface area is 150 Å². The Kier molecular flexibility index (Phi) is 4.69. The third-order valence-electron chi connectivity index (χ3n) is 5.89. The normalized spacial score (nSPS) is 29.4. The summed E-state index contributed by atoms with van der Waals surface area (Å²) in [5.41, 5.74) is 2.28. The topological polar surface area (TPSA) is 25.4 Å². The maximum Gasteiger partial charge on any atom is 0.0991 e. The van der Waals surface area contributed by atoms with Crippen LogP contribution in [0.3, 0.4) is 0 Å². The molecule has 2 bridgehead atoms. The molecule has 0 spiro atoms. The Morgan fingerprint density at radius 2 is 2.16 bits per heavy atom. The van der Waals surface area contributed by atoms with E-state index in [9.17, 15) is 0 Å². The van der Waals surface area contributed by atoms with Crippen LogP contribution in [0.5, 0.6) is 0 Å². The molecule has 5 unspecified atom stereocenters. The lowest BCUT2D eigenvalue weighted by Gasteiger charge is -2.51. The molecule has 5 rings (SSSR count). The van der Waals surface area contributed by atoms with Gasteiger partial charge in [0.05, 0.1) is 18.2 Å². The highest BCUT2D eigenvalue weighted by molar-refractivity contribution is 5.82. The molecule has 0 radical (unpaired) electrons. The van der Waals surface area contributed by atoms with E-state index in [4.69, 9.17) is 4.74 Å². The molecule has 3 fully saturated rings. The van der Waals surface area contributed by atoms with E-state index in [2.05, 4.69) is 53.4 Å². The molecule has 1 aromatic carbocycles. The summed E-state index contributed by atoms with van der Waals surface area (Å²) in [7, 11) is 0. The van der Waals surface area contributed by atoms with Crippen molar-refractivity contribution < 1.29 is 4.74 Å². The zero-order valence-corrected chi connectivity index (χ0v) is 14.7. The fourth-order valence-corrected chi connectivity index (χ4v) is 4.64. The first kappa shape index (κ1) is 16.5. The van der Waals surface area contributed by atoms with Gasteiger partial charge < -0.3 is 4.74 Å². The summed E-state index contributed by atoms with van der Waals surface area (Å²) in [6.45, 7) is 10.7. The van der Waals surface area contributed by atoms with E-state index in [0.29, 0.717) is 18.6 Å². The molecular formula is C22H26N2O. The summed E-state index contributed by atoms with van der Waals surface area (Å²) >= 11 is 0. The Bertz CT molecular complexity index is 766. The summed E-state index contributed by atoms with van der Waals surface area (Å²) in [4.78, 5) is 7.13. The summed E-state index contributed by atoms with van der Waals surface area (Å²) in [6, 6.07) is 10.9. The van der Waals surface area contributed by atoms with Crippen LogP contribution in [0.4, 0.5) is 0 Å². The van der Waals surface area contributed by atoms with E-state index in [0.717, 1.165) is 24.5 Å². The van der Waals surface area contributed by atoms with Gasteiger partial charge in [-0.25, -0.2) is 0 Å². The largest absolute Gasteiger partial charge is 0.368 e. The predicted molar refractivity (Wildman–Crippen MR) is 102 cm³/mol. The van der Waals surface area contributed by atoms with Gasteiger partial charge in [-0.2, -0.15) is 0 Å². The molecule has 3 heteroatoms. The number of benzene rings is 1. The zero-order chi connectivity index (χ0) is 17.2. The van der Waals surface area contributed by atoms with Crippen molar-refractivity contribution in [3.8, 4) is 0 Å². The Morgan fingerprint density at radius 1 is 1.28 bits per heavy atom. The number of hydrogen-bond donors (Lipinski definition) is 0. The highest BCUT2D eigenvalue weighted by Gasteiger charge is 2.43. The first-order chi connectivity index (χ1) is 12.3. The molecule has 3 saturated heterocycles. The van der Waals surface area contributed by atoms with E-state index in [1.807, 2.05) is 18.3 Å². The van der Waals surface area contributed by atoms with E-state index >= 15 is 0 Å². The molecule has 4 heterocycles. The number of fused-ring (bicyclic) bond motifs is 4. The van der Waals surface area contributed by atoms with Gasteiger partial charge in [-0.1, -0.05) is 30.4 Å². The number of hydrogen-bond acceptors (Lipinski definition) is 3. The van der Waals surface area contributed by atoms with Crippen LogP contribution < -0.4 is 0 Å². The van der Waals surface area contributed by atoms with Crippen molar-refractivity contribution in [3.63, 3.8) is 0 Å². The summed E-state index contributed by atoms with van der Waals surface area (Å²) in [6.07, 6.45) is 8.41. The number of aromatic nitrogens is 1. The van der Waals surface area contributed by atoms with Crippen molar-refractivity contribution in [2.75, 3.05) is 19.7 Å². The highest BCUT2D eigenvalue weighted by Crippen LogP contribution is 2.43. The molecule has 0 amide bonds. The number of pyridine rings is 1. The van der Waals surface area contributed by atoms with Crippen LogP contribution in [-0.2, 0) is 4.74 Å². The minimum Gasteiger partial charge on any atom is -0.368 e. The Hall–Kier alpha value is -1.97.